The highest BCUT2D eigenvalue weighted by atomic mass is 14.9. The summed E-state index contributed by atoms with van der Waals surface area (Å²) in [5, 5.41) is 6.87. The van der Waals surface area contributed by atoms with E-state index in [9.17, 15) is 0 Å². The lowest BCUT2D eigenvalue weighted by Gasteiger charge is -2.09. The summed E-state index contributed by atoms with van der Waals surface area (Å²) in [6.07, 6.45) is 16.5. The summed E-state index contributed by atoms with van der Waals surface area (Å²) in [5.41, 5.74) is 7.11. The highest BCUT2D eigenvalue weighted by Gasteiger charge is 2.07. The lowest BCUT2D eigenvalue weighted by molar-refractivity contribution is 1.02. The Hall–Kier alpha value is -3.27. The Balaban J connectivity index is 1.33. The molecule has 1 aromatic carbocycles. The summed E-state index contributed by atoms with van der Waals surface area (Å²) >= 11 is 0. The zero-order valence-electron chi connectivity index (χ0n) is 14.6. The summed E-state index contributed by atoms with van der Waals surface area (Å²) < 4.78 is 0. The van der Waals surface area contributed by atoms with Crippen molar-refractivity contribution >= 4 is 29.2 Å². The van der Waals surface area contributed by atoms with Crippen LogP contribution in [0.2, 0.25) is 0 Å². The first-order chi connectivity index (χ1) is 12.9. The third-order valence-electron chi connectivity index (χ3n) is 4.46. The van der Waals surface area contributed by atoms with Crippen molar-refractivity contribution in [3.8, 4) is 0 Å². The van der Waals surface area contributed by atoms with Crippen LogP contribution in [0.3, 0.4) is 0 Å². The van der Waals surface area contributed by atoms with E-state index in [2.05, 4.69) is 75.4 Å². The van der Waals surface area contributed by atoms with Crippen LogP contribution in [0.1, 0.15) is 23.2 Å². The van der Waals surface area contributed by atoms with Crippen LogP contribution in [0.4, 0.5) is 17.1 Å². The van der Waals surface area contributed by atoms with Crippen molar-refractivity contribution < 1.29 is 0 Å². The Morgan fingerprint density at radius 1 is 0.885 bits per heavy atom. The molecule has 0 saturated heterocycles. The number of H-pyrrole nitrogens is 1. The van der Waals surface area contributed by atoms with Gasteiger partial charge in [0.1, 0.15) is 0 Å². The molecule has 26 heavy (non-hydrogen) atoms. The fourth-order valence-electron chi connectivity index (χ4n) is 3.10. The molecular weight excluding hydrogens is 320 g/mol. The Labute approximate surface area is 153 Å². The number of aromatic nitrogens is 2. The molecule has 0 spiro atoms. The molecule has 1 aliphatic carbocycles. The number of fused-ring (bicyclic) bond motifs is 1. The van der Waals surface area contributed by atoms with E-state index in [1.54, 1.807) is 12.4 Å². The highest BCUT2D eigenvalue weighted by Crippen LogP contribution is 2.22. The van der Waals surface area contributed by atoms with E-state index in [4.69, 9.17) is 0 Å². The van der Waals surface area contributed by atoms with E-state index in [-0.39, 0.29) is 0 Å². The van der Waals surface area contributed by atoms with Crippen molar-refractivity contribution in [1.82, 2.24) is 9.97 Å². The zero-order chi connectivity index (χ0) is 17.6. The maximum atomic E-state index is 4.03. The summed E-state index contributed by atoms with van der Waals surface area (Å²) in [7, 11) is 0. The van der Waals surface area contributed by atoms with Gasteiger partial charge in [-0.05, 0) is 60.9 Å². The minimum absolute atomic E-state index is 0.902. The number of pyridine rings is 1. The van der Waals surface area contributed by atoms with E-state index < -0.39 is 0 Å². The van der Waals surface area contributed by atoms with Gasteiger partial charge in [0.25, 0.3) is 0 Å². The Morgan fingerprint density at radius 3 is 2.46 bits per heavy atom. The van der Waals surface area contributed by atoms with Gasteiger partial charge in [-0.3, -0.25) is 4.98 Å². The van der Waals surface area contributed by atoms with Gasteiger partial charge in [0.2, 0.25) is 0 Å². The predicted molar refractivity (Wildman–Crippen MR) is 110 cm³/mol. The fraction of sp³-hybridized carbons (Fsp3) is 0.136. The second-order valence-electron chi connectivity index (χ2n) is 6.30. The summed E-state index contributed by atoms with van der Waals surface area (Å²) in [6, 6.07) is 12.3. The second kappa shape index (κ2) is 7.74. The number of nitrogens with one attached hydrogen (secondary N) is 3. The topological polar surface area (TPSA) is 52.7 Å². The summed E-state index contributed by atoms with van der Waals surface area (Å²) in [4.78, 5) is 7.39. The van der Waals surface area contributed by atoms with Gasteiger partial charge >= 0.3 is 0 Å². The molecule has 0 amide bonds. The number of allylic oxidation sites excluding steroid dienone is 2. The van der Waals surface area contributed by atoms with Crippen molar-refractivity contribution in [3.05, 3.63) is 84.0 Å². The van der Waals surface area contributed by atoms with Gasteiger partial charge in [0.15, 0.2) is 0 Å². The molecule has 4 rings (SSSR count). The quantitative estimate of drug-likeness (QED) is 0.574. The molecule has 3 N–H and O–H groups in total. The fourth-order valence-corrected chi connectivity index (χ4v) is 3.10. The van der Waals surface area contributed by atoms with E-state index in [1.807, 2.05) is 12.1 Å². The van der Waals surface area contributed by atoms with Gasteiger partial charge in [-0.2, -0.15) is 0 Å². The number of hydrogen-bond donors (Lipinski definition) is 3. The molecule has 0 bridgehead atoms. The molecule has 0 fully saturated rings. The Bertz CT molecular complexity index is 905. The normalized spacial score (nSPS) is 12.5. The van der Waals surface area contributed by atoms with Crippen LogP contribution in [0.15, 0.2) is 67.1 Å². The molecular formula is C22H22N4. The maximum absolute atomic E-state index is 4.03. The zero-order valence-corrected chi connectivity index (χ0v) is 14.6. The van der Waals surface area contributed by atoms with Gasteiger partial charge in [0.05, 0.1) is 0 Å². The third-order valence-corrected chi connectivity index (χ3v) is 4.46. The van der Waals surface area contributed by atoms with Crippen molar-refractivity contribution in [3.63, 3.8) is 0 Å². The van der Waals surface area contributed by atoms with E-state index in [0.29, 0.717) is 0 Å². The molecule has 2 heterocycles. The molecule has 0 aliphatic heterocycles. The van der Waals surface area contributed by atoms with E-state index >= 15 is 0 Å². The number of rotatable bonds is 6. The van der Waals surface area contributed by atoms with Crippen molar-refractivity contribution in [2.45, 2.75) is 12.8 Å². The molecule has 0 unspecified atom stereocenters. The smallest absolute Gasteiger partial charge is 0.0453 e. The van der Waals surface area contributed by atoms with Gasteiger partial charge in [0, 0.05) is 53.5 Å². The minimum atomic E-state index is 0.902. The Kier molecular flexibility index (Phi) is 4.83. The van der Waals surface area contributed by atoms with Crippen LogP contribution in [-0.2, 0) is 6.42 Å². The lowest BCUT2D eigenvalue weighted by atomic mass is 10.1. The van der Waals surface area contributed by atoms with Gasteiger partial charge < -0.3 is 15.6 Å². The molecule has 4 heteroatoms. The highest BCUT2D eigenvalue weighted by molar-refractivity contribution is 5.68. The standard InChI is InChI=1S/C22H22N4/c1-2-4-21-17(16-25-22(21)5-3-1)10-15-24-18-6-8-19(9-7-18)26-20-11-13-23-14-12-20/h2-9,11-14,16,24-25H,1,10,15H2,(H,23,26). The molecule has 0 atom stereocenters. The van der Waals surface area contributed by atoms with Crippen LogP contribution in [0.25, 0.3) is 12.2 Å². The average molecular weight is 342 g/mol. The number of nitrogens with zero attached hydrogens (tertiary/aromatic N) is 1. The molecule has 3 aromatic rings. The van der Waals surface area contributed by atoms with Crippen LogP contribution >= 0.6 is 0 Å². The largest absolute Gasteiger partial charge is 0.385 e. The van der Waals surface area contributed by atoms with Gasteiger partial charge in [-0.25, -0.2) is 0 Å². The minimum Gasteiger partial charge on any atom is -0.385 e. The number of hydrogen-bond acceptors (Lipinski definition) is 3. The summed E-state index contributed by atoms with van der Waals surface area (Å²) in [5.74, 6) is 0. The van der Waals surface area contributed by atoms with Gasteiger partial charge in [-0.15, -0.1) is 0 Å². The molecule has 0 radical (unpaired) electrons. The molecule has 0 saturated carbocycles. The van der Waals surface area contributed by atoms with Crippen LogP contribution in [-0.4, -0.2) is 16.5 Å². The van der Waals surface area contributed by atoms with Crippen molar-refractivity contribution in [2.24, 2.45) is 0 Å². The number of benzene rings is 1. The van der Waals surface area contributed by atoms with Gasteiger partial charge in [-0.1, -0.05) is 18.2 Å². The first-order valence-corrected chi connectivity index (χ1v) is 8.93. The van der Waals surface area contributed by atoms with Crippen LogP contribution in [0.5, 0.6) is 0 Å². The summed E-state index contributed by atoms with van der Waals surface area (Å²) in [6.45, 7) is 0.902. The number of anilines is 3. The molecule has 4 nitrogen and oxygen atoms in total. The first kappa shape index (κ1) is 16.2. The monoisotopic (exact) mass is 342 g/mol. The average Bonchev–Trinajstić information content (AvgIpc) is 2.90. The number of aromatic amines is 1. The first-order valence-electron chi connectivity index (χ1n) is 8.93. The predicted octanol–water partition coefficient (Wildman–Crippen LogP) is 5.24. The van der Waals surface area contributed by atoms with Crippen LogP contribution in [0, 0.1) is 0 Å². The maximum Gasteiger partial charge on any atom is 0.0453 e. The molecule has 130 valence electrons. The van der Waals surface area contributed by atoms with E-state index in [1.165, 1.54) is 16.8 Å². The second-order valence-corrected chi connectivity index (χ2v) is 6.30. The van der Waals surface area contributed by atoms with Crippen molar-refractivity contribution in [2.75, 3.05) is 17.2 Å². The third kappa shape index (κ3) is 3.86. The van der Waals surface area contributed by atoms with E-state index in [0.717, 1.165) is 36.4 Å². The van der Waals surface area contributed by atoms with Crippen molar-refractivity contribution in [1.29, 1.82) is 0 Å². The Morgan fingerprint density at radius 2 is 1.62 bits per heavy atom. The lowest BCUT2D eigenvalue weighted by Crippen LogP contribution is -2.05. The molecule has 2 aromatic heterocycles. The molecule has 1 aliphatic rings. The van der Waals surface area contributed by atoms with Crippen LogP contribution < -0.4 is 10.6 Å². The SMILES string of the molecule is C1=Cc2[nH]cc(CCNc3ccc(Nc4ccncc4)cc3)c2C=CC1.